The minimum Gasteiger partial charge on any atom is -0.372 e. The fourth-order valence-electron chi connectivity index (χ4n) is 1.60. The third-order valence-electron chi connectivity index (χ3n) is 2.58. The van der Waals surface area contributed by atoms with E-state index < -0.39 is 0 Å². The first-order valence-electron chi connectivity index (χ1n) is 6.59. The van der Waals surface area contributed by atoms with Gasteiger partial charge in [0.2, 0.25) is 0 Å². The smallest absolute Gasteiger partial charge is 0.123 e. The van der Waals surface area contributed by atoms with E-state index in [1.807, 2.05) is 0 Å². The quantitative estimate of drug-likeness (QED) is 0.802. The zero-order chi connectivity index (χ0) is 13.5. The monoisotopic (exact) mass is 253 g/mol. The van der Waals surface area contributed by atoms with Crippen LogP contribution in [0.15, 0.2) is 24.3 Å². The maximum atomic E-state index is 12.9. The van der Waals surface area contributed by atoms with E-state index >= 15 is 0 Å². The summed E-state index contributed by atoms with van der Waals surface area (Å²) in [6, 6.07) is 6.97. The summed E-state index contributed by atoms with van der Waals surface area (Å²) in [7, 11) is 0. The molecule has 3 heteroatoms. The molecule has 0 aliphatic rings. The van der Waals surface area contributed by atoms with Gasteiger partial charge in [-0.05, 0) is 23.6 Å². The van der Waals surface area contributed by atoms with Crippen LogP contribution in [0.3, 0.4) is 0 Å². The van der Waals surface area contributed by atoms with Crippen LogP contribution < -0.4 is 5.32 Å². The Kier molecular flexibility index (Phi) is 6.30. The molecule has 1 atom stereocenters. The summed E-state index contributed by atoms with van der Waals surface area (Å²) in [4.78, 5) is 0. The van der Waals surface area contributed by atoms with Crippen LogP contribution in [0.1, 0.15) is 39.4 Å². The van der Waals surface area contributed by atoms with Gasteiger partial charge in [0.1, 0.15) is 5.82 Å². The van der Waals surface area contributed by atoms with E-state index in [0.29, 0.717) is 18.6 Å². The van der Waals surface area contributed by atoms with Crippen molar-refractivity contribution >= 4 is 0 Å². The van der Waals surface area contributed by atoms with E-state index in [9.17, 15) is 4.39 Å². The highest BCUT2D eigenvalue weighted by molar-refractivity contribution is 5.19. The normalized spacial score (nSPS) is 13.3. The number of rotatable bonds is 7. The van der Waals surface area contributed by atoms with Crippen LogP contribution in [0.2, 0.25) is 0 Å². The zero-order valence-corrected chi connectivity index (χ0v) is 11.7. The molecule has 18 heavy (non-hydrogen) atoms. The largest absolute Gasteiger partial charge is 0.372 e. The first kappa shape index (κ1) is 15.1. The molecule has 0 amide bonds. The van der Waals surface area contributed by atoms with Crippen LogP contribution in [0.5, 0.6) is 0 Å². The average Bonchev–Trinajstić information content (AvgIpc) is 2.30. The molecule has 0 saturated carbocycles. The molecule has 0 saturated heterocycles. The zero-order valence-electron chi connectivity index (χ0n) is 11.7. The number of hydrogen-bond acceptors (Lipinski definition) is 2. The highest BCUT2D eigenvalue weighted by Gasteiger charge is 2.13. The van der Waals surface area contributed by atoms with Crippen molar-refractivity contribution in [3.63, 3.8) is 0 Å². The maximum absolute atomic E-state index is 12.9. The van der Waals surface area contributed by atoms with Crippen LogP contribution in [0, 0.1) is 11.7 Å². The van der Waals surface area contributed by atoms with Crippen LogP contribution in [0.25, 0.3) is 0 Å². The summed E-state index contributed by atoms with van der Waals surface area (Å²) < 4.78 is 18.8. The van der Waals surface area contributed by atoms with Gasteiger partial charge in [-0.2, -0.15) is 0 Å². The molecule has 0 spiro atoms. The first-order chi connectivity index (χ1) is 8.49. The van der Waals surface area contributed by atoms with Crippen LogP contribution >= 0.6 is 0 Å². The molecule has 1 rings (SSSR count). The van der Waals surface area contributed by atoms with Crippen molar-refractivity contribution in [1.82, 2.24) is 5.32 Å². The molecule has 0 aliphatic carbocycles. The van der Waals surface area contributed by atoms with Crippen LogP contribution in [-0.2, 0) is 4.74 Å². The van der Waals surface area contributed by atoms with Crippen molar-refractivity contribution in [1.29, 1.82) is 0 Å². The summed E-state index contributed by atoms with van der Waals surface area (Å²) in [5, 5.41) is 3.36. The highest BCUT2D eigenvalue weighted by Crippen LogP contribution is 2.18. The molecular formula is C15H24FNO. The summed E-state index contributed by atoms with van der Waals surface area (Å²) >= 11 is 0. The molecule has 1 aromatic rings. The molecule has 1 aromatic carbocycles. The predicted octanol–water partition coefficient (Wildman–Crippen LogP) is 3.54. The number of ether oxygens (including phenoxy) is 1. The number of nitrogens with one attached hydrogen (secondary N) is 1. The number of benzene rings is 1. The van der Waals surface area contributed by atoms with E-state index in [-0.39, 0.29) is 11.9 Å². The van der Waals surface area contributed by atoms with E-state index in [1.165, 1.54) is 12.1 Å². The van der Waals surface area contributed by atoms with Gasteiger partial charge >= 0.3 is 0 Å². The van der Waals surface area contributed by atoms with Gasteiger partial charge < -0.3 is 10.1 Å². The topological polar surface area (TPSA) is 21.3 Å². The van der Waals surface area contributed by atoms with Gasteiger partial charge in [-0.1, -0.05) is 39.8 Å². The second-order valence-electron chi connectivity index (χ2n) is 5.33. The Hall–Kier alpha value is -0.930. The molecule has 0 heterocycles. The van der Waals surface area contributed by atoms with Crippen molar-refractivity contribution in [3.05, 3.63) is 35.6 Å². The number of halogens is 1. The lowest BCUT2D eigenvalue weighted by molar-refractivity contribution is 0.0340. The lowest BCUT2D eigenvalue weighted by atomic mass is 10.1. The van der Waals surface area contributed by atoms with Gasteiger partial charge in [0.05, 0.1) is 6.10 Å². The lowest BCUT2D eigenvalue weighted by Gasteiger charge is -2.21. The van der Waals surface area contributed by atoms with Crippen molar-refractivity contribution < 1.29 is 9.13 Å². The Morgan fingerprint density at radius 2 is 1.72 bits per heavy atom. The molecule has 0 aliphatic heterocycles. The van der Waals surface area contributed by atoms with E-state index in [4.69, 9.17) is 4.74 Å². The van der Waals surface area contributed by atoms with Crippen LogP contribution in [-0.4, -0.2) is 19.2 Å². The van der Waals surface area contributed by atoms with Crippen LogP contribution in [0.4, 0.5) is 4.39 Å². The summed E-state index contributed by atoms with van der Waals surface area (Å²) in [5.74, 6) is 0.283. The number of hydrogen-bond donors (Lipinski definition) is 1. The summed E-state index contributed by atoms with van der Waals surface area (Å²) in [5.41, 5.74) is 1.02. The molecule has 1 unspecified atom stereocenters. The highest BCUT2D eigenvalue weighted by atomic mass is 19.1. The molecule has 0 bridgehead atoms. The Balaban J connectivity index is 2.66. The standard InChI is InChI=1S/C15H24FNO/c1-11(2)10-18-15(9-17-12(3)4)13-5-7-14(16)8-6-13/h5-8,11-12,15,17H,9-10H2,1-4H3. The molecule has 2 nitrogen and oxygen atoms in total. The molecule has 102 valence electrons. The average molecular weight is 253 g/mol. The van der Waals surface area contributed by atoms with E-state index in [2.05, 4.69) is 33.0 Å². The second-order valence-corrected chi connectivity index (χ2v) is 5.33. The van der Waals surface area contributed by atoms with Gasteiger partial charge in [0.25, 0.3) is 0 Å². The SMILES string of the molecule is CC(C)COC(CNC(C)C)c1ccc(F)cc1. The third-order valence-corrected chi connectivity index (χ3v) is 2.58. The maximum Gasteiger partial charge on any atom is 0.123 e. The first-order valence-corrected chi connectivity index (χ1v) is 6.59. The predicted molar refractivity (Wildman–Crippen MR) is 73.1 cm³/mol. The third kappa shape index (κ3) is 5.61. The Labute approximate surface area is 110 Å². The Morgan fingerprint density at radius 3 is 2.22 bits per heavy atom. The van der Waals surface area contributed by atoms with Crippen molar-refractivity contribution in [2.75, 3.05) is 13.2 Å². The van der Waals surface area contributed by atoms with Gasteiger partial charge in [-0.15, -0.1) is 0 Å². The van der Waals surface area contributed by atoms with E-state index in [1.54, 1.807) is 12.1 Å². The van der Waals surface area contributed by atoms with Gasteiger partial charge in [-0.25, -0.2) is 4.39 Å². The van der Waals surface area contributed by atoms with Gasteiger partial charge in [0, 0.05) is 19.2 Å². The van der Waals surface area contributed by atoms with Gasteiger partial charge in [-0.3, -0.25) is 0 Å². The summed E-state index contributed by atoms with van der Waals surface area (Å²) in [6.07, 6.45) is -0.0181. The minimum absolute atomic E-state index is 0.0181. The Bertz CT molecular complexity index is 323. The van der Waals surface area contributed by atoms with E-state index in [0.717, 1.165) is 12.1 Å². The van der Waals surface area contributed by atoms with Crippen molar-refractivity contribution in [2.45, 2.75) is 39.8 Å². The second kappa shape index (κ2) is 7.49. The molecule has 0 fully saturated rings. The van der Waals surface area contributed by atoms with Gasteiger partial charge in [0.15, 0.2) is 0 Å². The molecule has 1 N–H and O–H groups in total. The molecular weight excluding hydrogens is 229 g/mol. The minimum atomic E-state index is -0.210. The molecule has 0 radical (unpaired) electrons. The summed E-state index contributed by atoms with van der Waals surface area (Å²) in [6.45, 7) is 9.90. The molecule has 0 aromatic heterocycles. The lowest BCUT2D eigenvalue weighted by Crippen LogP contribution is -2.29. The fraction of sp³-hybridized carbons (Fsp3) is 0.600. The van der Waals surface area contributed by atoms with Crippen molar-refractivity contribution in [3.8, 4) is 0 Å². The Morgan fingerprint density at radius 1 is 1.11 bits per heavy atom. The fourth-order valence-corrected chi connectivity index (χ4v) is 1.60. The van der Waals surface area contributed by atoms with Crippen molar-refractivity contribution in [2.24, 2.45) is 5.92 Å².